The molecular weight excluding hydrogens is 232 g/mol. The summed E-state index contributed by atoms with van der Waals surface area (Å²) >= 11 is 0. The van der Waals surface area contributed by atoms with Crippen molar-refractivity contribution in [3.8, 4) is 0 Å². The van der Waals surface area contributed by atoms with Crippen molar-refractivity contribution < 1.29 is 14.3 Å². The third-order valence-electron chi connectivity index (χ3n) is 4.03. The lowest BCUT2D eigenvalue weighted by Gasteiger charge is -2.45. The van der Waals surface area contributed by atoms with Crippen molar-refractivity contribution in [2.75, 3.05) is 26.8 Å². The molecule has 2 N–H and O–H groups in total. The van der Waals surface area contributed by atoms with Crippen LogP contribution in [0.2, 0.25) is 0 Å². The molecule has 0 spiro atoms. The van der Waals surface area contributed by atoms with Gasteiger partial charge < -0.3 is 15.2 Å². The van der Waals surface area contributed by atoms with Crippen LogP contribution in [0.4, 0.5) is 0 Å². The Morgan fingerprint density at radius 1 is 1.50 bits per heavy atom. The molecule has 1 saturated heterocycles. The summed E-state index contributed by atoms with van der Waals surface area (Å²) in [7, 11) is 1.39. The van der Waals surface area contributed by atoms with Gasteiger partial charge in [-0.3, -0.25) is 9.69 Å². The first-order valence-electron chi connectivity index (χ1n) is 6.77. The fraction of sp³-hybridized carbons (Fsp3) is 0.923. The summed E-state index contributed by atoms with van der Waals surface area (Å²) in [6.45, 7) is 3.87. The number of hydrogen-bond acceptors (Lipinski definition) is 5. The molecule has 0 aromatic heterocycles. The Hall–Kier alpha value is -0.650. The van der Waals surface area contributed by atoms with Crippen LogP contribution in [0.3, 0.4) is 0 Å². The third-order valence-corrected chi connectivity index (χ3v) is 4.03. The molecule has 1 aliphatic carbocycles. The molecule has 0 bridgehead atoms. The van der Waals surface area contributed by atoms with Gasteiger partial charge in [0.1, 0.15) is 5.54 Å². The molecule has 0 amide bonds. The standard InChI is InChI=1S/C13H24N2O3/c1-13(14,12(16)17-2)9-15-7-8-18-11-6-4-3-5-10(11)15/h10-11H,3-9,14H2,1-2H3. The molecular formula is C13H24N2O3. The van der Waals surface area contributed by atoms with E-state index < -0.39 is 5.54 Å². The van der Waals surface area contributed by atoms with E-state index in [0.29, 0.717) is 18.7 Å². The first-order chi connectivity index (χ1) is 8.54. The van der Waals surface area contributed by atoms with Gasteiger partial charge in [0.25, 0.3) is 0 Å². The van der Waals surface area contributed by atoms with Crippen molar-refractivity contribution in [2.24, 2.45) is 5.73 Å². The number of nitrogens with two attached hydrogens (primary N) is 1. The Labute approximate surface area is 109 Å². The Morgan fingerprint density at radius 3 is 2.94 bits per heavy atom. The highest BCUT2D eigenvalue weighted by atomic mass is 16.5. The van der Waals surface area contributed by atoms with Gasteiger partial charge >= 0.3 is 5.97 Å². The van der Waals surface area contributed by atoms with Gasteiger partial charge in [-0.2, -0.15) is 0 Å². The molecule has 2 aliphatic rings. The summed E-state index contributed by atoms with van der Waals surface area (Å²) in [6, 6.07) is 0.417. The molecule has 3 atom stereocenters. The molecule has 5 nitrogen and oxygen atoms in total. The summed E-state index contributed by atoms with van der Waals surface area (Å²) in [6.07, 6.45) is 5.07. The van der Waals surface area contributed by atoms with Crippen LogP contribution in [0.25, 0.3) is 0 Å². The van der Waals surface area contributed by atoms with Gasteiger partial charge in [-0.15, -0.1) is 0 Å². The van der Waals surface area contributed by atoms with Gasteiger partial charge in [0.15, 0.2) is 0 Å². The number of ether oxygens (including phenoxy) is 2. The summed E-state index contributed by atoms with van der Waals surface area (Å²) in [5, 5.41) is 0. The summed E-state index contributed by atoms with van der Waals surface area (Å²) in [5.41, 5.74) is 5.13. The molecule has 2 rings (SSSR count). The lowest BCUT2D eigenvalue weighted by atomic mass is 9.89. The summed E-state index contributed by atoms with van der Waals surface area (Å²) in [4.78, 5) is 14.0. The zero-order valence-electron chi connectivity index (χ0n) is 11.4. The first kappa shape index (κ1) is 13.8. The molecule has 0 aromatic carbocycles. The van der Waals surface area contributed by atoms with Crippen LogP contribution < -0.4 is 5.73 Å². The fourth-order valence-electron chi connectivity index (χ4n) is 3.09. The SMILES string of the molecule is COC(=O)C(C)(N)CN1CCOC2CCCCC21. The normalized spacial score (nSPS) is 32.4. The Balaban J connectivity index is 2.01. The maximum Gasteiger partial charge on any atom is 0.326 e. The van der Waals surface area contributed by atoms with Crippen LogP contribution in [-0.4, -0.2) is 55.4 Å². The molecule has 18 heavy (non-hydrogen) atoms. The average Bonchev–Trinajstić information content (AvgIpc) is 2.38. The van der Waals surface area contributed by atoms with E-state index in [-0.39, 0.29) is 5.97 Å². The summed E-state index contributed by atoms with van der Waals surface area (Å²) < 4.78 is 10.6. The Kier molecular flexibility index (Phi) is 4.25. The molecule has 2 fully saturated rings. The maximum absolute atomic E-state index is 11.7. The van der Waals surface area contributed by atoms with Gasteiger partial charge in [-0.25, -0.2) is 0 Å². The van der Waals surface area contributed by atoms with Crippen LogP contribution in [0, 0.1) is 0 Å². The highest BCUT2D eigenvalue weighted by molar-refractivity contribution is 5.80. The highest BCUT2D eigenvalue weighted by Crippen LogP contribution is 2.29. The zero-order chi connectivity index (χ0) is 13.2. The van der Waals surface area contributed by atoms with Crippen LogP contribution in [0.1, 0.15) is 32.6 Å². The predicted molar refractivity (Wildman–Crippen MR) is 68.2 cm³/mol. The second-order valence-electron chi connectivity index (χ2n) is 5.64. The van der Waals surface area contributed by atoms with Gasteiger partial charge in [0.2, 0.25) is 0 Å². The Bertz CT molecular complexity index is 305. The minimum atomic E-state index is -0.936. The molecule has 3 unspecified atom stereocenters. The van der Waals surface area contributed by atoms with Crippen molar-refractivity contribution in [3.63, 3.8) is 0 Å². The largest absolute Gasteiger partial charge is 0.468 e. The van der Waals surface area contributed by atoms with Crippen LogP contribution in [0.15, 0.2) is 0 Å². The lowest BCUT2D eigenvalue weighted by Crippen LogP contribution is -2.61. The monoisotopic (exact) mass is 256 g/mol. The molecule has 1 aliphatic heterocycles. The molecule has 104 valence electrons. The number of carbonyl (C=O) groups excluding carboxylic acids is 1. The maximum atomic E-state index is 11.7. The minimum absolute atomic E-state index is 0.320. The van der Waals surface area contributed by atoms with E-state index in [1.165, 1.54) is 20.0 Å². The van der Waals surface area contributed by atoms with Crippen molar-refractivity contribution in [1.82, 2.24) is 4.90 Å². The smallest absolute Gasteiger partial charge is 0.326 e. The number of hydrogen-bond donors (Lipinski definition) is 1. The van der Waals surface area contributed by atoms with E-state index in [0.717, 1.165) is 26.0 Å². The molecule has 0 radical (unpaired) electrons. The topological polar surface area (TPSA) is 64.8 Å². The van der Waals surface area contributed by atoms with Gasteiger partial charge in [-0.05, 0) is 19.8 Å². The number of morpholine rings is 1. The van der Waals surface area contributed by atoms with E-state index in [1.807, 2.05) is 0 Å². The van der Waals surface area contributed by atoms with E-state index in [9.17, 15) is 4.79 Å². The van der Waals surface area contributed by atoms with Crippen molar-refractivity contribution >= 4 is 5.97 Å². The number of esters is 1. The molecule has 0 aromatic rings. The lowest BCUT2D eigenvalue weighted by molar-refractivity contribution is -0.149. The van der Waals surface area contributed by atoms with Crippen LogP contribution in [-0.2, 0) is 14.3 Å². The van der Waals surface area contributed by atoms with Crippen molar-refractivity contribution in [3.05, 3.63) is 0 Å². The van der Waals surface area contributed by atoms with E-state index in [2.05, 4.69) is 4.90 Å². The fourth-order valence-corrected chi connectivity index (χ4v) is 3.09. The number of methoxy groups -OCH3 is 1. The predicted octanol–water partition coefficient (Wildman–Crippen LogP) is 0.520. The number of rotatable bonds is 3. The number of carbonyl (C=O) groups is 1. The van der Waals surface area contributed by atoms with Gasteiger partial charge in [-0.1, -0.05) is 12.8 Å². The Morgan fingerprint density at radius 2 is 2.22 bits per heavy atom. The van der Waals surface area contributed by atoms with Crippen LogP contribution in [0.5, 0.6) is 0 Å². The average molecular weight is 256 g/mol. The quantitative estimate of drug-likeness (QED) is 0.746. The summed E-state index contributed by atoms with van der Waals surface area (Å²) in [5.74, 6) is -0.346. The van der Waals surface area contributed by atoms with E-state index >= 15 is 0 Å². The number of fused-ring (bicyclic) bond motifs is 1. The molecule has 5 heteroatoms. The second-order valence-corrected chi connectivity index (χ2v) is 5.64. The zero-order valence-corrected chi connectivity index (χ0v) is 11.4. The van der Waals surface area contributed by atoms with Gasteiger partial charge in [0, 0.05) is 19.1 Å². The molecule has 1 saturated carbocycles. The van der Waals surface area contributed by atoms with Crippen LogP contribution >= 0.6 is 0 Å². The number of nitrogens with zero attached hydrogens (tertiary/aromatic N) is 1. The second kappa shape index (κ2) is 5.55. The third kappa shape index (κ3) is 2.84. The highest BCUT2D eigenvalue weighted by Gasteiger charge is 2.39. The molecule has 1 heterocycles. The first-order valence-corrected chi connectivity index (χ1v) is 6.77. The van der Waals surface area contributed by atoms with Crippen molar-refractivity contribution in [2.45, 2.75) is 50.3 Å². The van der Waals surface area contributed by atoms with E-state index in [4.69, 9.17) is 15.2 Å². The van der Waals surface area contributed by atoms with Crippen molar-refractivity contribution in [1.29, 1.82) is 0 Å². The minimum Gasteiger partial charge on any atom is -0.468 e. The van der Waals surface area contributed by atoms with E-state index in [1.54, 1.807) is 6.92 Å². The van der Waals surface area contributed by atoms with Gasteiger partial charge in [0.05, 0.1) is 19.8 Å².